The fourth-order valence-corrected chi connectivity index (χ4v) is 4.85. The number of aromatic nitrogens is 5. The summed E-state index contributed by atoms with van der Waals surface area (Å²) in [7, 11) is 0. The summed E-state index contributed by atoms with van der Waals surface area (Å²) in [5, 5.41) is 35.6. The van der Waals surface area contributed by atoms with E-state index in [1.807, 2.05) is 6.07 Å². The Morgan fingerprint density at radius 1 is 1.11 bits per heavy atom. The van der Waals surface area contributed by atoms with Crippen molar-refractivity contribution in [3.63, 3.8) is 0 Å². The third-order valence-corrected chi connectivity index (χ3v) is 7.01. The van der Waals surface area contributed by atoms with Crippen molar-refractivity contribution in [1.29, 1.82) is 0 Å². The number of ether oxygens (including phenoxy) is 1. The number of carboxylic acids is 2. The lowest BCUT2D eigenvalue weighted by Crippen LogP contribution is -2.51. The first kappa shape index (κ1) is 25.5. The number of carbonyl (C=O) groups is 2. The highest BCUT2D eigenvalue weighted by Gasteiger charge is 2.49. The third kappa shape index (κ3) is 4.31. The molecule has 0 fully saturated rings. The highest BCUT2D eigenvalue weighted by molar-refractivity contribution is 9.10. The molecular formula is C26H21BrFN5O5. The number of nitrogens with one attached hydrogen (secondary N) is 1. The van der Waals surface area contributed by atoms with Crippen molar-refractivity contribution >= 4 is 49.8 Å². The van der Waals surface area contributed by atoms with Crippen molar-refractivity contribution in [3.8, 4) is 5.69 Å². The maximum Gasteiger partial charge on any atom is 0.348 e. The fraction of sp³-hybridized carbons (Fsp3) is 0.192. The van der Waals surface area contributed by atoms with E-state index < -0.39 is 23.4 Å². The zero-order valence-electron chi connectivity index (χ0n) is 20.2. The first-order chi connectivity index (χ1) is 18.1. The lowest BCUT2D eigenvalue weighted by atomic mass is 9.89. The van der Waals surface area contributed by atoms with E-state index in [0.29, 0.717) is 37.8 Å². The molecule has 0 radical (unpaired) electrons. The highest BCUT2D eigenvalue weighted by atomic mass is 79.9. The van der Waals surface area contributed by atoms with E-state index in [4.69, 9.17) is 4.74 Å². The number of nitrogens with zero attached hydrogens (tertiary/aromatic N) is 4. The largest absolute Gasteiger partial charge is 0.479 e. The summed E-state index contributed by atoms with van der Waals surface area (Å²) >= 11 is 3.28. The molecule has 0 aliphatic rings. The first-order valence-corrected chi connectivity index (χ1v) is 12.2. The number of carboxylic acid groups (broad SMARTS) is 2. The average molecular weight is 582 g/mol. The summed E-state index contributed by atoms with van der Waals surface area (Å²) in [5.74, 6) is -3.72. The van der Waals surface area contributed by atoms with Crippen LogP contribution in [0.5, 0.6) is 0 Å². The molecule has 2 aromatic heterocycles. The van der Waals surface area contributed by atoms with Gasteiger partial charge >= 0.3 is 11.9 Å². The monoisotopic (exact) mass is 581 g/mol. The molecular weight excluding hydrogens is 561 g/mol. The molecule has 0 aliphatic carbocycles. The van der Waals surface area contributed by atoms with Crippen LogP contribution in [-0.4, -0.2) is 52.9 Å². The number of hydrogen-bond donors (Lipinski definition) is 3. The Labute approximate surface area is 223 Å². The van der Waals surface area contributed by atoms with Crippen molar-refractivity contribution in [2.45, 2.75) is 32.5 Å². The third-order valence-electron chi connectivity index (χ3n) is 6.56. The summed E-state index contributed by atoms with van der Waals surface area (Å²) in [6.45, 7) is 3.24. The Morgan fingerprint density at radius 3 is 2.50 bits per heavy atom. The standard InChI is InChI=1S/C26H21BrFN5O5/c1-13-4-3-5-14(2)18(13)11-26(24(34)35,25(36)37)38-12-21-17-7-6-16(10-20(17)29-30-21)33-22-9-15(27)8-19(28)23(22)31-32-33/h3-10H,11-12H2,1-2H3,(H,29,30)(H,34,35)(H,36,37). The van der Waals surface area contributed by atoms with Crippen LogP contribution >= 0.6 is 15.9 Å². The molecule has 3 aromatic carbocycles. The number of H-pyrrole nitrogens is 1. The Balaban J connectivity index is 1.47. The van der Waals surface area contributed by atoms with Gasteiger partial charge in [-0.05, 0) is 60.9 Å². The van der Waals surface area contributed by atoms with E-state index in [9.17, 15) is 24.2 Å². The second-order valence-electron chi connectivity index (χ2n) is 8.93. The van der Waals surface area contributed by atoms with E-state index in [1.54, 1.807) is 50.2 Å². The van der Waals surface area contributed by atoms with Crippen LogP contribution in [0.15, 0.2) is 53.0 Å². The van der Waals surface area contributed by atoms with Crippen LogP contribution in [-0.2, 0) is 27.4 Å². The molecule has 5 aromatic rings. The molecule has 194 valence electrons. The summed E-state index contributed by atoms with van der Waals surface area (Å²) in [4.78, 5) is 24.5. The van der Waals surface area contributed by atoms with Crippen molar-refractivity contribution < 1.29 is 28.9 Å². The van der Waals surface area contributed by atoms with Gasteiger partial charge in [0.15, 0.2) is 5.82 Å². The average Bonchev–Trinajstić information content (AvgIpc) is 3.47. The zero-order chi connectivity index (χ0) is 27.2. The molecule has 0 saturated heterocycles. The van der Waals surface area contributed by atoms with Gasteiger partial charge in [-0.1, -0.05) is 39.3 Å². The van der Waals surface area contributed by atoms with Crippen LogP contribution in [0, 0.1) is 19.7 Å². The van der Waals surface area contributed by atoms with Crippen LogP contribution in [0.2, 0.25) is 0 Å². The van der Waals surface area contributed by atoms with Crippen molar-refractivity contribution in [1.82, 2.24) is 25.2 Å². The Morgan fingerprint density at radius 2 is 1.82 bits per heavy atom. The molecule has 0 spiro atoms. The molecule has 0 bridgehead atoms. The minimum Gasteiger partial charge on any atom is -0.479 e. The molecule has 0 aliphatic heterocycles. The Hall–Kier alpha value is -4.16. The predicted octanol–water partition coefficient (Wildman–Crippen LogP) is 4.48. The molecule has 0 saturated carbocycles. The molecule has 2 heterocycles. The SMILES string of the molecule is Cc1cccc(C)c1CC(OCc1[nH]nc2cc(-n3nnc4c(F)cc(Br)cc43)ccc12)(C(=O)O)C(=O)O. The quantitative estimate of drug-likeness (QED) is 0.227. The van der Waals surface area contributed by atoms with Crippen LogP contribution < -0.4 is 0 Å². The van der Waals surface area contributed by atoms with Gasteiger partial charge in [-0.25, -0.2) is 18.7 Å². The summed E-state index contributed by atoms with van der Waals surface area (Å²) < 4.78 is 21.9. The number of fused-ring (bicyclic) bond motifs is 2. The normalized spacial score (nSPS) is 11.9. The molecule has 12 heteroatoms. The lowest BCUT2D eigenvalue weighted by molar-refractivity contribution is -0.185. The van der Waals surface area contributed by atoms with Gasteiger partial charge in [-0.3, -0.25) is 5.10 Å². The number of benzene rings is 3. The van der Waals surface area contributed by atoms with E-state index in [-0.39, 0.29) is 18.5 Å². The lowest BCUT2D eigenvalue weighted by Gasteiger charge is -2.26. The van der Waals surface area contributed by atoms with Crippen LogP contribution in [0.1, 0.15) is 22.4 Å². The number of aliphatic carboxylic acids is 2. The second kappa shape index (κ2) is 9.62. The Bertz CT molecular complexity index is 1700. The van der Waals surface area contributed by atoms with Crippen LogP contribution in [0.25, 0.3) is 27.6 Å². The van der Waals surface area contributed by atoms with E-state index in [2.05, 4.69) is 36.4 Å². The highest BCUT2D eigenvalue weighted by Crippen LogP contribution is 2.29. The molecule has 5 rings (SSSR count). The minimum atomic E-state index is -2.51. The van der Waals surface area contributed by atoms with Crippen LogP contribution in [0.3, 0.4) is 0 Å². The van der Waals surface area contributed by atoms with Gasteiger partial charge in [0.1, 0.15) is 5.52 Å². The number of hydrogen-bond acceptors (Lipinski definition) is 6. The second-order valence-corrected chi connectivity index (χ2v) is 9.85. The van der Waals surface area contributed by atoms with Gasteiger partial charge in [0.2, 0.25) is 0 Å². The molecule has 3 N–H and O–H groups in total. The van der Waals surface area contributed by atoms with Gasteiger partial charge in [0.25, 0.3) is 5.60 Å². The van der Waals surface area contributed by atoms with E-state index >= 15 is 0 Å². The molecule has 0 atom stereocenters. The van der Waals surface area contributed by atoms with E-state index in [0.717, 1.165) is 11.1 Å². The predicted molar refractivity (Wildman–Crippen MR) is 139 cm³/mol. The minimum absolute atomic E-state index is 0.118. The molecule has 10 nitrogen and oxygen atoms in total. The molecule has 0 amide bonds. The van der Waals surface area contributed by atoms with Gasteiger partial charge in [-0.2, -0.15) is 5.10 Å². The fourth-order valence-electron chi connectivity index (χ4n) is 4.43. The molecule has 38 heavy (non-hydrogen) atoms. The first-order valence-electron chi connectivity index (χ1n) is 11.4. The number of rotatable bonds is 8. The van der Waals surface area contributed by atoms with E-state index in [1.165, 1.54) is 10.7 Å². The van der Waals surface area contributed by atoms with Crippen molar-refractivity contribution in [3.05, 3.63) is 81.2 Å². The summed E-state index contributed by atoms with van der Waals surface area (Å²) in [6.07, 6.45) is -0.349. The summed E-state index contributed by atoms with van der Waals surface area (Å²) in [6, 6.07) is 13.5. The number of aryl methyl sites for hydroxylation is 2. The van der Waals surface area contributed by atoms with Crippen LogP contribution in [0.4, 0.5) is 4.39 Å². The van der Waals surface area contributed by atoms with Gasteiger partial charge in [0, 0.05) is 16.3 Å². The maximum atomic E-state index is 14.2. The molecule has 0 unspecified atom stereocenters. The van der Waals surface area contributed by atoms with Gasteiger partial charge < -0.3 is 14.9 Å². The van der Waals surface area contributed by atoms with Gasteiger partial charge in [-0.15, -0.1) is 5.10 Å². The topological polar surface area (TPSA) is 143 Å². The van der Waals surface area contributed by atoms with Gasteiger partial charge in [0.05, 0.1) is 29.0 Å². The maximum absolute atomic E-state index is 14.2. The van der Waals surface area contributed by atoms with Crippen molar-refractivity contribution in [2.75, 3.05) is 0 Å². The Kier molecular flexibility index (Phi) is 6.45. The number of aromatic amines is 1. The zero-order valence-corrected chi connectivity index (χ0v) is 21.8. The summed E-state index contributed by atoms with van der Waals surface area (Å²) in [5.41, 5.74) is 1.66. The smallest absolute Gasteiger partial charge is 0.348 e. The number of halogens is 2. The van der Waals surface area contributed by atoms with Crippen molar-refractivity contribution in [2.24, 2.45) is 0 Å².